The second kappa shape index (κ2) is 44.7. The third-order valence-electron chi connectivity index (χ3n) is 13.2. The van der Waals surface area contributed by atoms with Gasteiger partial charge in [0.05, 0.1) is 0 Å². The van der Waals surface area contributed by atoms with E-state index in [0.29, 0.717) is 5.41 Å². The van der Waals surface area contributed by atoms with Gasteiger partial charge in [0.2, 0.25) is 0 Å². The van der Waals surface area contributed by atoms with E-state index < -0.39 is 0 Å². The lowest BCUT2D eigenvalue weighted by atomic mass is 9.73. The van der Waals surface area contributed by atoms with Gasteiger partial charge in [-0.1, -0.05) is 311 Å². The SMILES string of the molecule is CCCCCCCCCCCCCCCCC(C)CC(C)(CCCCCCCCCCCCCCCC)CCCCCCCCCCCCCCCC. The normalized spacial score (nSPS) is 12.6. The smallest absolute Gasteiger partial charge is 0.0323 e. The molecule has 0 saturated heterocycles. The lowest BCUT2D eigenvalue weighted by molar-refractivity contribution is 0.190. The van der Waals surface area contributed by atoms with Crippen LogP contribution in [0, 0.1) is 11.3 Å². The van der Waals surface area contributed by atoms with Crippen molar-refractivity contribution in [2.75, 3.05) is 0 Å². The maximum absolute atomic E-state index is 2.71. The van der Waals surface area contributed by atoms with Gasteiger partial charge in [-0.2, -0.15) is 0 Å². The Bertz CT molecular complexity index is 602. The Morgan fingerprint density at radius 2 is 0.453 bits per heavy atom. The van der Waals surface area contributed by atoms with Crippen molar-refractivity contribution in [1.29, 1.82) is 0 Å². The summed E-state index contributed by atoms with van der Waals surface area (Å²) in [6.45, 7) is 12.3. The zero-order valence-electron chi connectivity index (χ0n) is 38.6. The Labute approximate surface area is 340 Å². The number of hydrogen-bond donors (Lipinski definition) is 0. The van der Waals surface area contributed by atoms with Crippen LogP contribution in [0.4, 0.5) is 0 Å². The fourth-order valence-corrected chi connectivity index (χ4v) is 9.45. The fourth-order valence-electron chi connectivity index (χ4n) is 9.45. The Morgan fingerprint density at radius 1 is 0.264 bits per heavy atom. The summed E-state index contributed by atoms with van der Waals surface area (Å²) in [6.07, 6.45) is 67.8. The van der Waals surface area contributed by atoms with Crippen molar-refractivity contribution >= 4 is 0 Å². The van der Waals surface area contributed by atoms with Crippen molar-refractivity contribution in [1.82, 2.24) is 0 Å². The van der Waals surface area contributed by atoms with Crippen molar-refractivity contribution in [3.63, 3.8) is 0 Å². The molecule has 0 aliphatic carbocycles. The molecule has 0 heterocycles. The molecule has 0 radical (unpaired) electrons. The van der Waals surface area contributed by atoms with Gasteiger partial charge in [0.15, 0.2) is 0 Å². The summed E-state index contributed by atoms with van der Waals surface area (Å²) in [5.74, 6) is 0.913. The average molecular weight is 745 g/mol. The monoisotopic (exact) mass is 745 g/mol. The topological polar surface area (TPSA) is 0 Å². The maximum Gasteiger partial charge on any atom is -0.0323 e. The Kier molecular flexibility index (Phi) is 44.7. The minimum atomic E-state index is 0.587. The van der Waals surface area contributed by atoms with Crippen molar-refractivity contribution in [3.05, 3.63) is 0 Å². The van der Waals surface area contributed by atoms with Crippen LogP contribution in [0.2, 0.25) is 0 Å². The second-order valence-corrected chi connectivity index (χ2v) is 19.2. The molecule has 0 aromatic heterocycles. The summed E-state index contributed by atoms with van der Waals surface area (Å²) in [4.78, 5) is 0. The van der Waals surface area contributed by atoms with Crippen LogP contribution in [0.3, 0.4) is 0 Å². The van der Waals surface area contributed by atoms with Crippen molar-refractivity contribution in [2.45, 2.75) is 330 Å². The highest BCUT2D eigenvalue weighted by molar-refractivity contribution is 4.77. The van der Waals surface area contributed by atoms with Crippen LogP contribution >= 0.6 is 0 Å². The van der Waals surface area contributed by atoms with E-state index in [-0.39, 0.29) is 0 Å². The van der Waals surface area contributed by atoms with Gasteiger partial charge in [-0.15, -0.1) is 0 Å². The molecular weight excluding hydrogens is 637 g/mol. The van der Waals surface area contributed by atoms with Crippen LogP contribution in [-0.2, 0) is 0 Å². The molecule has 0 aliphatic heterocycles. The van der Waals surface area contributed by atoms with Crippen molar-refractivity contribution < 1.29 is 0 Å². The molecule has 0 aliphatic rings. The summed E-state index contributed by atoms with van der Waals surface area (Å²) < 4.78 is 0. The summed E-state index contributed by atoms with van der Waals surface area (Å²) in [6, 6.07) is 0. The van der Waals surface area contributed by atoms with Gasteiger partial charge in [-0.05, 0) is 30.6 Å². The summed E-state index contributed by atoms with van der Waals surface area (Å²) in [5.41, 5.74) is 0.587. The molecule has 0 N–H and O–H groups in total. The molecule has 0 aromatic rings. The third-order valence-corrected chi connectivity index (χ3v) is 13.2. The van der Waals surface area contributed by atoms with Crippen LogP contribution in [0.1, 0.15) is 330 Å². The molecule has 0 heteroatoms. The molecule has 0 spiro atoms. The lowest BCUT2D eigenvalue weighted by Gasteiger charge is -2.33. The quantitative estimate of drug-likeness (QED) is 0.0544. The third kappa shape index (κ3) is 43.0. The van der Waals surface area contributed by atoms with Crippen LogP contribution in [0.25, 0.3) is 0 Å². The summed E-state index contributed by atoms with van der Waals surface area (Å²) in [5, 5.41) is 0. The molecule has 0 saturated carbocycles. The first-order chi connectivity index (χ1) is 26.1. The largest absolute Gasteiger partial charge is 0.0654 e. The predicted molar refractivity (Wildman–Crippen MR) is 247 cm³/mol. The van der Waals surface area contributed by atoms with Gasteiger partial charge in [0, 0.05) is 0 Å². The molecule has 0 rings (SSSR count). The van der Waals surface area contributed by atoms with Gasteiger partial charge >= 0.3 is 0 Å². The first-order valence-corrected chi connectivity index (χ1v) is 26.1. The van der Waals surface area contributed by atoms with Crippen LogP contribution < -0.4 is 0 Å². The van der Waals surface area contributed by atoms with Gasteiger partial charge < -0.3 is 0 Å². The van der Waals surface area contributed by atoms with Crippen LogP contribution in [0.5, 0.6) is 0 Å². The highest BCUT2D eigenvalue weighted by Crippen LogP contribution is 2.39. The van der Waals surface area contributed by atoms with E-state index in [0.717, 1.165) is 5.92 Å². The molecule has 0 amide bonds. The minimum Gasteiger partial charge on any atom is -0.0654 e. The van der Waals surface area contributed by atoms with Gasteiger partial charge in [0.1, 0.15) is 0 Å². The Balaban J connectivity index is 4.20. The Hall–Kier alpha value is 0. The van der Waals surface area contributed by atoms with E-state index in [9.17, 15) is 0 Å². The van der Waals surface area contributed by atoms with E-state index in [1.165, 1.54) is 295 Å². The van der Waals surface area contributed by atoms with Crippen LogP contribution in [0.15, 0.2) is 0 Å². The van der Waals surface area contributed by atoms with Gasteiger partial charge in [0.25, 0.3) is 0 Å². The summed E-state index contributed by atoms with van der Waals surface area (Å²) >= 11 is 0. The minimum absolute atomic E-state index is 0.587. The first kappa shape index (κ1) is 53.0. The zero-order chi connectivity index (χ0) is 38.6. The van der Waals surface area contributed by atoms with Gasteiger partial charge in [-0.25, -0.2) is 0 Å². The first-order valence-electron chi connectivity index (χ1n) is 26.1. The molecule has 1 unspecified atom stereocenters. The predicted octanol–water partition coefficient (Wildman–Crippen LogP) is 20.6. The molecule has 0 fully saturated rings. The van der Waals surface area contributed by atoms with Gasteiger partial charge in [-0.3, -0.25) is 0 Å². The number of hydrogen-bond acceptors (Lipinski definition) is 0. The van der Waals surface area contributed by atoms with Crippen molar-refractivity contribution in [3.8, 4) is 0 Å². The van der Waals surface area contributed by atoms with Crippen molar-refractivity contribution in [2.24, 2.45) is 11.3 Å². The molecule has 0 nitrogen and oxygen atoms in total. The molecular formula is C53H108. The maximum atomic E-state index is 2.71. The van der Waals surface area contributed by atoms with E-state index in [2.05, 4.69) is 34.6 Å². The Morgan fingerprint density at radius 3 is 0.679 bits per heavy atom. The molecule has 320 valence electrons. The van der Waals surface area contributed by atoms with E-state index in [1.807, 2.05) is 0 Å². The average Bonchev–Trinajstić information content (AvgIpc) is 3.15. The molecule has 53 heavy (non-hydrogen) atoms. The highest BCUT2D eigenvalue weighted by Gasteiger charge is 2.25. The second-order valence-electron chi connectivity index (χ2n) is 19.2. The standard InChI is InChI=1S/C53H108/c1-6-9-12-15-18-21-24-27-30-33-36-39-42-45-48-52(4)51-53(5,49-46-43-40-37-34-31-28-25-22-19-16-13-10-7-2)50-47-44-41-38-35-32-29-26-23-20-17-14-11-8-3/h52H,6-51H2,1-5H3. The molecule has 0 bridgehead atoms. The fraction of sp³-hybridized carbons (Fsp3) is 1.00. The molecule has 1 atom stereocenters. The van der Waals surface area contributed by atoms with E-state index >= 15 is 0 Å². The summed E-state index contributed by atoms with van der Waals surface area (Å²) in [7, 11) is 0. The number of rotatable bonds is 47. The number of unbranched alkanes of at least 4 members (excludes halogenated alkanes) is 39. The van der Waals surface area contributed by atoms with E-state index in [4.69, 9.17) is 0 Å². The lowest BCUT2D eigenvalue weighted by Crippen LogP contribution is -2.20. The molecule has 0 aromatic carbocycles. The van der Waals surface area contributed by atoms with E-state index in [1.54, 1.807) is 0 Å². The zero-order valence-corrected chi connectivity index (χ0v) is 38.6. The highest BCUT2D eigenvalue weighted by atomic mass is 14.3. The van der Waals surface area contributed by atoms with Crippen LogP contribution in [-0.4, -0.2) is 0 Å².